The van der Waals surface area contributed by atoms with E-state index in [1.54, 1.807) is 0 Å². The van der Waals surface area contributed by atoms with Crippen LogP contribution in [0.4, 0.5) is 0 Å². The first-order valence-corrected chi connectivity index (χ1v) is 13.1. The Labute approximate surface area is 109 Å². The van der Waals surface area contributed by atoms with Crippen LogP contribution in [-0.2, 0) is 8.85 Å². The van der Waals surface area contributed by atoms with Gasteiger partial charge in [0, 0.05) is 12.5 Å². The van der Waals surface area contributed by atoms with Crippen molar-refractivity contribution in [2.75, 3.05) is 0 Å². The van der Waals surface area contributed by atoms with Crippen molar-refractivity contribution in [2.24, 2.45) is 0 Å². The first-order valence-electron chi connectivity index (χ1n) is 6.32. The van der Waals surface area contributed by atoms with Gasteiger partial charge in [-0.1, -0.05) is 6.92 Å². The molecule has 0 spiro atoms. The Hall–Kier alpha value is -0.486. The highest BCUT2D eigenvalue weighted by atomic mass is 28.4. The fourth-order valence-electron chi connectivity index (χ4n) is 1.28. The van der Waals surface area contributed by atoms with Gasteiger partial charge >= 0.3 is 0 Å². The van der Waals surface area contributed by atoms with E-state index in [-0.39, 0.29) is 0 Å². The Balaban J connectivity index is 4.81. The minimum atomic E-state index is -1.54. The van der Waals surface area contributed by atoms with Gasteiger partial charge in [0.25, 0.3) is 0 Å². The Bertz CT molecular complexity index is 294. The summed E-state index contributed by atoms with van der Waals surface area (Å²) in [6, 6.07) is 0. The van der Waals surface area contributed by atoms with Crippen molar-refractivity contribution in [3.8, 4) is 0 Å². The van der Waals surface area contributed by atoms with E-state index in [1.807, 2.05) is 13.0 Å². The van der Waals surface area contributed by atoms with Gasteiger partial charge in [-0.3, -0.25) is 0 Å². The lowest BCUT2D eigenvalue weighted by molar-refractivity contribution is 0.391. The number of rotatable bonds is 6. The summed E-state index contributed by atoms with van der Waals surface area (Å²) < 4.78 is 12.0. The zero-order valence-electron chi connectivity index (χ0n) is 12.7. The second-order valence-corrected chi connectivity index (χ2v) is 14.9. The van der Waals surface area contributed by atoms with Crippen molar-refractivity contribution in [1.29, 1.82) is 0 Å². The van der Waals surface area contributed by atoms with Crippen LogP contribution < -0.4 is 0 Å². The van der Waals surface area contributed by atoms with E-state index in [9.17, 15) is 0 Å². The van der Waals surface area contributed by atoms with Crippen molar-refractivity contribution < 1.29 is 8.85 Å². The maximum Gasteiger partial charge on any atom is 0.242 e. The molecule has 0 unspecified atom stereocenters. The van der Waals surface area contributed by atoms with Crippen LogP contribution in [0.25, 0.3) is 0 Å². The van der Waals surface area contributed by atoms with Crippen LogP contribution in [0, 0.1) is 0 Å². The molecule has 100 valence electrons. The standard InChI is InChI=1S/C13H28O2Si2/c1-9-12(14-16(3,4)5)11-13(10-2)15-17(6,7)8/h9,11H,10H2,1-8H3/b12-9+,13-11-. The molecule has 0 N–H and O–H groups in total. The summed E-state index contributed by atoms with van der Waals surface area (Å²) in [5.74, 6) is 1.98. The smallest absolute Gasteiger partial charge is 0.242 e. The van der Waals surface area contributed by atoms with Gasteiger partial charge in [-0.2, -0.15) is 0 Å². The Morgan fingerprint density at radius 2 is 1.41 bits per heavy atom. The average molecular weight is 273 g/mol. The van der Waals surface area contributed by atoms with Gasteiger partial charge in [-0.25, -0.2) is 0 Å². The molecule has 0 aliphatic rings. The molecule has 0 aromatic heterocycles. The van der Waals surface area contributed by atoms with E-state index in [0.717, 1.165) is 17.9 Å². The molecule has 2 nitrogen and oxygen atoms in total. The highest BCUT2D eigenvalue weighted by Gasteiger charge is 2.19. The molecule has 0 aliphatic carbocycles. The van der Waals surface area contributed by atoms with Crippen LogP contribution in [0.2, 0.25) is 39.3 Å². The van der Waals surface area contributed by atoms with Crippen molar-refractivity contribution in [3.05, 3.63) is 23.7 Å². The largest absolute Gasteiger partial charge is 0.547 e. The number of allylic oxidation sites excluding steroid dienone is 3. The van der Waals surface area contributed by atoms with Gasteiger partial charge in [0.05, 0.1) is 5.76 Å². The lowest BCUT2D eigenvalue weighted by atomic mass is 10.3. The van der Waals surface area contributed by atoms with Crippen LogP contribution in [0.3, 0.4) is 0 Å². The third-order valence-corrected chi connectivity index (χ3v) is 3.52. The van der Waals surface area contributed by atoms with Crippen LogP contribution in [-0.4, -0.2) is 16.6 Å². The second-order valence-electron chi connectivity index (χ2n) is 6.08. The van der Waals surface area contributed by atoms with Crippen molar-refractivity contribution >= 4 is 16.6 Å². The molecule has 0 amide bonds. The van der Waals surface area contributed by atoms with Gasteiger partial charge < -0.3 is 8.85 Å². The SMILES string of the molecule is C/C=C(\C=C(\CC)O[Si](C)(C)C)O[Si](C)(C)C. The molecule has 0 aromatic rings. The molecule has 0 aliphatic heterocycles. The monoisotopic (exact) mass is 272 g/mol. The lowest BCUT2D eigenvalue weighted by Crippen LogP contribution is -2.26. The quantitative estimate of drug-likeness (QED) is 0.389. The minimum absolute atomic E-state index is 0.913. The molecule has 0 radical (unpaired) electrons. The van der Waals surface area contributed by atoms with Crippen LogP contribution in [0.15, 0.2) is 23.7 Å². The lowest BCUT2D eigenvalue weighted by Gasteiger charge is -2.24. The van der Waals surface area contributed by atoms with E-state index < -0.39 is 16.6 Å². The Morgan fingerprint density at radius 1 is 0.941 bits per heavy atom. The van der Waals surface area contributed by atoms with Gasteiger partial charge in [0.2, 0.25) is 16.6 Å². The average Bonchev–Trinajstić information content (AvgIpc) is 2.11. The summed E-state index contributed by atoms with van der Waals surface area (Å²) in [6.07, 6.45) is 4.98. The Kier molecular flexibility index (Phi) is 6.26. The third-order valence-electron chi connectivity index (χ3n) is 1.80. The van der Waals surface area contributed by atoms with Crippen molar-refractivity contribution in [2.45, 2.75) is 59.6 Å². The number of hydrogen-bond donors (Lipinski definition) is 0. The fraction of sp³-hybridized carbons (Fsp3) is 0.692. The third kappa shape index (κ3) is 9.24. The molecule has 0 saturated carbocycles. The molecule has 0 rings (SSSR count). The van der Waals surface area contributed by atoms with Gasteiger partial charge in [-0.05, 0) is 52.3 Å². The number of hydrogen-bond acceptors (Lipinski definition) is 2. The van der Waals surface area contributed by atoms with E-state index in [4.69, 9.17) is 8.85 Å². The van der Waals surface area contributed by atoms with Gasteiger partial charge in [0.15, 0.2) is 0 Å². The molecule has 0 atom stereocenters. The summed E-state index contributed by atoms with van der Waals surface area (Å²) >= 11 is 0. The van der Waals surface area contributed by atoms with E-state index >= 15 is 0 Å². The summed E-state index contributed by atoms with van der Waals surface area (Å²) in [5.41, 5.74) is 0. The highest BCUT2D eigenvalue weighted by molar-refractivity contribution is 6.70. The summed E-state index contributed by atoms with van der Waals surface area (Å²) in [7, 11) is -3.06. The maximum atomic E-state index is 6.03. The molecule has 17 heavy (non-hydrogen) atoms. The molecular formula is C13H28O2Si2. The summed E-state index contributed by atoms with van der Waals surface area (Å²) in [5, 5.41) is 0. The van der Waals surface area contributed by atoms with E-state index in [2.05, 4.69) is 52.3 Å². The molecular weight excluding hydrogens is 244 g/mol. The summed E-state index contributed by atoms with van der Waals surface area (Å²) in [6.45, 7) is 17.3. The van der Waals surface area contributed by atoms with Crippen LogP contribution >= 0.6 is 0 Å². The van der Waals surface area contributed by atoms with Gasteiger partial charge in [-0.15, -0.1) is 0 Å². The molecule has 0 fully saturated rings. The van der Waals surface area contributed by atoms with Crippen molar-refractivity contribution in [3.63, 3.8) is 0 Å². The predicted molar refractivity (Wildman–Crippen MR) is 81.0 cm³/mol. The predicted octanol–water partition coefficient (Wildman–Crippen LogP) is 4.89. The molecule has 0 saturated heterocycles. The molecule has 0 bridgehead atoms. The van der Waals surface area contributed by atoms with Crippen LogP contribution in [0.1, 0.15) is 20.3 Å². The molecule has 0 heterocycles. The molecule has 0 aromatic carbocycles. The minimum Gasteiger partial charge on any atom is -0.547 e. The zero-order chi connectivity index (χ0) is 13.7. The van der Waals surface area contributed by atoms with Crippen LogP contribution in [0.5, 0.6) is 0 Å². The highest BCUT2D eigenvalue weighted by Crippen LogP contribution is 2.18. The Morgan fingerprint density at radius 3 is 1.71 bits per heavy atom. The first kappa shape index (κ1) is 16.5. The second kappa shape index (κ2) is 6.45. The van der Waals surface area contributed by atoms with E-state index in [1.165, 1.54) is 0 Å². The van der Waals surface area contributed by atoms with E-state index in [0.29, 0.717) is 0 Å². The maximum absolute atomic E-state index is 6.03. The van der Waals surface area contributed by atoms with Gasteiger partial charge in [0.1, 0.15) is 5.76 Å². The topological polar surface area (TPSA) is 18.5 Å². The zero-order valence-corrected chi connectivity index (χ0v) is 14.7. The first-order chi connectivity index (χ1) is 7.57. The molecule has 4 heteroatoms. The normalized spacial score (nSPS) is 14.8. The fourth-order valence-corrected chi connectivity index (χ4v) is 3.15. The summed E-state index contributed by atoms with van der Waals surface area (Å²) in [4.78, 5) is 0. The van der Waals surface area contributed by atoms with Crippen molar-refractivity contribution in [1.82, 2.24) is 0 Å².